The van der Waals surface area contributed by atoms with E-state index in [2.05, 4.69) is 31.7 Å². The van der Waals surface area contributed by atoms with Gasteiger partial charge in [0.25, 0.3) is 5.91 Å². The number of ketones is 1. The molecule has 19 nitrogen and oxygen atoms in total. The van der Waals surface area contributed by atoms with E-state index in [4.69, 9.17) is 20.2 Å². The lowest BCUT2D eigenvalue weighted by Gasteiger charge is -2.28. The van der Waals surface area contributed by atoms with Crippen LogP contribution in [0.4, 0.5) is 0 Å². The van der Waals surface area contributed by atoms with E-state index < -0.39 is 71.3 Å². The van der Waals surface area contributed by atoms with E-state index in [9.17, 15) is 38.1 Å². The molecule has 4 atom stereocenters. The van der Waals surface area contributed by atoms with Crippen molar-refractivity contribution in [3.63, 3.8) is 0 Å². The number of morpholine rings is 1. The van der Waals surface area contributed by atoms with Crippen molar-refractivity contribution in [2.75, 3.05) is 59.1 Å². The Morgan fingerprint density at radius 1 is 0.964 bits per heavy atom. The monoisotopic (exact) mass is 807 g/mol. The van der Waals surface area contributed by atoms with Gasteiger partial charge in [-0.15, -0.1) is 0 Å². The van der Waals surface area contributed by atoms with Gasteiger partial charge in [0.05, 0.1) is 62.6 Å². The Bertz CT molecular complexity index is 1610. The topological polar surface area (TPSA) is 284 Å². The van der Waals surface area contributed by atoms with Gasteiger partial charge in [-0.1, -0.05) is 33.8 Å². The quantitative estimate of drug-likeness (QED) is 0.0653. The highest BCUT2D eigenvalue weighted by molar-refractivity contribution is 7.80. The van der Waals surface area contributed by atoms with Crippen molar-refractivity contribution in [2.24, 2.45) is 22.7 Å². The van der Waals surface area contributed by atoms with Gasteiger partial charge in [0.1, 0.15) is 11.6 Å². The fraction of sp³-hybridized carbons (Fsp3) is 0.611. The number of carbonyl (C=O) groups excluding carboxylic acids is 6. The lowest BCUT2D eigenvalue weighted by atomic mass is 9.90. The first-order chi connectivity index (χ1) is 26.4. The lowest BCUT2D eigenvalue weighted by Crippen LogP contribution is -2.55. The Morgan fingerprint density at radius 3 is 2.14 bits per heavy atom. The first-order valence-corrected chi connectivity index (χ1v) is 19.4. The van der Waals surface area contributed by atoms with Crippen LogP contribution in [0.15, 0.2) is 40.1 Å². The zero-order chi connectivity index (χ0) is 42.0. The fourth-order valence-electron chi connectivity index (χ4n) is 5.39. The number of nitrogens with two attached hydrogens (primary N) is 1. The molecular weight excluding hydrogens is 751 g/mol. The van der Waals surface area contributed by atoms with Crippen LogP contribution < -0.4 is 32.3 Å². The molecular formula is C36H57N9O10S. The summed E-state index contributed by atoms with van der Waals surface area (Å²) in [7, 11) is 0. The molecule has 1 aromatic carbocycles. The number of hydrogen-bond donors (Lipinski definition) is 8. The number of nitrogens with one attached hydrogen (secondary N) is 6. The second-order valence-electron chi connectivity index (χ2n) is 14.5. The maximum atomic E-state index is 13.6. The molecule has 2 unspecified atom stereocenters. The summed E-state index contributed by atoms with van der Waals surface area (Å²) < 4.78 is 23.9. The normalized spacial score (nSPS) is 16.2. The van der Waals surface area contributed by atoms with Crippen molar-refractivity contribution in [3.8, 4) is 0 Å². The van der Waals surface area contributed by atoms with Crippen molar-refractivity contribution in [1.29, 1.82) is 5.53 Å². The number of nitrogens with zero attached hydrogens (tertiary/aromatic N) is 2. The molecule has 2 rings (SSSR count). The molecule has 1 aliphatic heterocycles. The molecule has 0 bridgehead atoms. The standard InChI is InChI=1S/C36H57N9O10S/c1-22(2)13-27(33(49)36(6,52)21-55-56(53)29-15-25(8-7-24(29)5)34(50)40-17-26(16-37)44-38)42-31(47)19-41-35(51)28(14-23(3)4)43-30(46)18-39-32(48)20-45-9-11-54-12-10-45/h7-8,15-16,22-23,27-28,38,52H,9-14,17-21,37H2,1-6H3,(H,39,48)(H,40,50)(H,41,51)(H,42,47)(H,43,46)/b26-16-,44-38?/t27-,28-,36?,56?/m0/s1. The second-order valence-corrected chi connectivity index (χ2v) is 15.6. The number of rotatable bonds is 23. The largest absolute Gasteiger partial charge is 0.403 e. The first-order valence-electron chi connectivity index (χ1n) is 18.3. The van der Waals surface area contributed by atoms with Crippen molar-refractivity contribution in [1.82, 2.24) is 31.5 Å². The van der Waals surface area contributed by atoms with Crippen molar-refractivity contribution < 1.29 is 47.0 Å². The summed E-state index contributed by atoms with van der Waals surface area (Å²) in [6.45, 7) is 10.8. The van der Waals surface area contributed by atoms with Gasteiger partial charge >= 0.3 is 0 Å². The van der Waals surface area contributed by atoms with Gasteiger partial charge in [0.2, 0.25) is 23.6 Å². The van der Waals surface area contributed by atoms with Gasteiger partial charge in [-0.25, -0.2) is 9.74 Å². The van der Waals surface area contributed by atoms with Crippen LogP contribution >= 0.6 is 0 Å². The average Bonchev–Trinajstić information content (AvgIpc) is 3.14. The van der Waals surface area contributed by atoms with Crippen LogP contribution in [0, 0.1) is 24.3 Å². The van der Waals surface area contributed by atoms with E-state index in [0.29, 0.717) is 31.9 Å². The van der Waals surface area contributed by atoms with Crippen LogP contribution in [-0.2, 0) is 44.0 Å². The highest BCUT2D eigenvalue weighted by Gasteiger charge is 2.38. The summed E-state index contributed by atoms with van der Waals surface area (Å²) in [4.78, 5) is 79.3. The SMILES string of the molecule is Cc1ccc(C(=O)NC/C(=C/N)N=N)cc1S(=O)OCC(C)(O)C(=O)[C@H](CC(C)C)NC(=O)CNC(=O)[C@H](CC(C)C)NC(=O)CNC(=O)CN1CCOCC1. The molecule has 1 aromatic rings. The summed E-state index contributed by atoms with van der Waals surface area (Å²) in [5.74, 6) is -3.82. The van der Waals surface area contributed by atoms with Gasteiger partial charge in [0, 0.05) is 24.9 Å². The van der Waals surface area contributed by atoms with E-state index in [1.54, 1.807) is 26.8 Å². The Morgan fingerprint density at radius 2 is 1.55 bits per heavy atom. The molecule has 0 aliphatic carbocycles. The number of hydrogen-bond acceptors (Lipinski definition) is 14. The zero-order valence-electron chi connectivity index (χ0n) is 32.9. The first kappa shape index (κ1) is 47.5. The highest BCUT2D eigenvalue weighted by atomic mass is 32.2. The molecule has 5 amide bonds. The molecule has 0 aromatic heterocycles. The molecule has 20 heteroatoms. The predicted molar refractivity (Wildman–Crippen MR) is 205 cm³/mol. The van der Waals surface area contributed by atoms with Gasteiger partial charge in [-0.05, 0) is 56.2 Å². The third-order valence-corrected chi connectivity index (χ3v) is 9.56. The summed E-state index contributed by atoms with van der Waals surface area (Å²) in [5.41, 5.74) is 10.9. The fourth-order valence-corrected chi connectivity index (χ4v) is 6.41. The maximum Gasteiger partial charge on any atom is 0.251 e. The van der Waals surface area contributed by atoms with Crippen molar-refractivity contribution in [2.45, 2.75) is 77.0 Å². The van der Waals surface area contributed by atoms with Crippen LogP contribution in [0.1, 0.15) is 63.4 Å². The molecule has 9 N–H and O–H groups in total. The molecule has 0 spiro atoms. The molecule has 1 heterocycles. The maximum absolute atomic E-state index is 13.6. The van der Waals surface area contributed by atoms with E-state index in [0.717, 1.165) is 13.1 Å². The number of ether oxygens (including phenoxy) is 1. The zero-order valence-corrected chi connectivity index (χ0v) is 33.7. The molecule has 1 saturated heterocycles. The van der Waals surface area contributed by atoms with Crippen LogP contribution in [0.2, 0.25) is 0 Å². The second kappa shape index (κ2) is 23.4. The van der Waals surface area contributed by atoms with Crippen LogP contribution in [0.25, 0.3) is 0 Å². The Balaban J connectivity index is 1.99. The van der Waals surface area contributed by atoms with Gasteiger partial charge in [-0.2, -0.15) is 5.11 Å². The van der Waals surface area contributed by atoms with Crippen LogP contribution in [0.5, 0.6) is 0 Å². The van der Waals surface area contributed by atoms with Crippen LogP contribution in [0.3, 0.4) is 0 Å². The minimum atomic E-state index is -2.23. The van der Waals surface area contributed by atoms with Gasteiger partial charge < -0.3 is 42.2 Å². The number of aryl methyl sites for hydroxylation is 1. The van der Waals surface area contributed by atoms with Crippen molar-refractivity contribution in [3.05, 3.63) is 41.2 Å². The Labute approximate surface area is 329 Å². The van der Waals surface area contributed by atoms with Gasteiger partial charge in [-0.3, -0.25) is 37.9 Å². The summed E-state index contributed by atoms with van der Waals surface area (Å²) in [6, 6.07) is 2.15. The van der Waals surface area contributed by atoms with Crippen molar-refractivity contribution >= 4 is 46.4 Å². The number of amides is 5. The highest BCUT2D eigenvalue weighted by Crippen LogP contribution is 2.20. The van der Waals surface area contributed by atoms with Crippen LogP contribution in [-0.4, -0.2) is 126 Å². The lowest BCUT2D eigenvalue weighted by molar-refractivity contribution is -0.143. The number of aliphatic hydroxyl groups is 1. The molecule has 312 valence electrons. The van der Waals surface area contributed by atoms with Gasteiger partial charge in [0.15, 0.2) is 16.9 Å². The Kier molecular flexibility index (Phi) is 19.9. The average molecular weight is 808 g/mol. The molecule has 0 radical (unpaired) electrons. The minimum Gasteiger partial charge on any atom is -0.403 e. The summed E-state index contributed by atoms with van der Waals surface area (Å²) >= 11 is -2.23. The molecule has 56 heavy (non-hydrogen) atoms. The van der Waals surface area contributed by atoms with E-state index in [1.165, 1.54) is 12.1 Å². The van der Waals surface area contributed by atoms with E-state index in [1.807, 2.05) is 18.7 Å². The number of carbonyl (C=O) groups is 6. The smallest absolute Gasteiger partial charge is 0.251 e. The third-order valence-electron chi connectivity index (χ3n) is 8.43. The summed E-state index contributed by atoms with van der Waals surface area (Å²) in [5, 5.41) is 27.1. The number of benzene rings is 1. The number of Topliss-reactive ketones (excluding diaryl/α,β-unsaturated/α-hetero) is 1. The summed E-state index contributed by atoms with van der Waals surface area (Å²) in [6.07, 6.45) is 1.44. The Hall–Kier alpha value is -4.63. The predicted octanol–water partition coefficient (Wildman–Crippen LogP) is -0.458. The molecule has 1 aliphatic rings. The third kappa shape index (κ3) is 16.6. The van der Waals surface area contributed by atoms with E-state index >= 15 is 0 Å². The minimum absolute atomic E-state index is 0.0151. The molecule has 1 fully saturated rings. The molecule has 0 saturated carbocycles. The van der Waals surface area contributed by atoms with E-state index in [-0.39, 0.29) is 66.4 Å².